The van der Waals surface area contributed by atoms with Gasteiger partial charge in [-0.15, -0.1) is 0 Å². The number of carbonyl (C=O) groups is 2. The number of unbranched alkanes of at least 4 members (excludes halogenated alkanes) is 1. The first-order valence-electron chi connectivity index (χ1n) is 14.0. The van der Waals surface area contributed by atoms with E-state index in [0.717, 1.165) is 50.3 Å². The molecule has 0 aliphatic heterocycles. The van der Waals surface area contributed by atoms with Crippen LogP contribution in [0.5, 0.6) is 0 Å². The number of nitrogens with zero attached hydrogens (tertiary/aromatic N) is 1. The molecule has 1 atom stereocenters. The molecule has 41 heavy (non-hydrogen) atoms. The number of halogens is 3. The molecule has 0 saturated heterocycles. The lowest BCUT2D eigenvalue weighted by Gasteiger charge is -2.22. The van der Waals surface area contributed by atoms with Gasteiger partial charge in [0.2, 0.25) is 11.8 Å². The Morgan fingerprint density at radius 3 is 2.20 bits per heavy atom. The van der Waals surface area contributed by atoms with E-state index in [1.54, 1.807) is 0 Å². The summed E-state index contributed by atoms with van der Waals surface area (Å²) in [6, 6.07) is 23.4. The highest BCUT2D eigenvalue weighted by Gasteiger charge is 2.31. The third kappa shape index (κ3) is 11.8. The van der Waals surface area contributed by atoms with E-state index in [9.17, 15) is 22.8 Å². The molecule has 3 aromatic rings. The summed E-state index contributed by atoms with van der Waals surface area (Å²) in [5.41, 5.74) is 1.41. The number of benzene rings is 3. The second-order valence-electron chi connectivity index (χ2n) is 10.0. The summed E-state index contributed by atoms with van der Waals surface area (Å²) in [6.07, 6.45) is -1.96. The molecule has 3 N–H and O–H groups in total. The maximum Gasteiger partial charge on any atom is 0.416 e. The molecule has 0 aromatic heterocycles. The molecule has 0 radical (unpaired) electrons. The number of hydrogen-bond donors (Lipinski definition) is 3. The van der Waals surface area contributed by atoms with Gasteiger partial charge in [-0.2, -0.15) is 13.2 Å². The molecule has 6 nitrogen and oxygen atoms in total. The Balaban J connectivity index is 1.56. The van der Waals surface area contributed by atoms with E-state index in [0.29, 0.717) is 19.3 Å². The highest BCUT2D eigenvalue weighted by atomic mass is 19.4. The molecule has 9 heteroatoms. The highest BCUT2D eigenvalue weighted by molar-refractivity contribution is 5.97. The lowest BCUT2D eigenvalue weighted by Crippen LogP contribution is -2.44. The molecule has 0 heterocycles. The molecule has 0 aliphatic carbocycles. The summed E-state index contributed by atoms with van der Waals surface area (Å²) >= 11 is 0. The van der Waals surface area contributed by atoms with Crippen molar-refractivity contribution in [3.63, 3.8) is 0 Å². The number of carbonyl (C=O) groups excluding carboxylic acids is 2. The van der Waals surface area contributed by atoms with Crippen molar-refractivity contribution in [2.24, 2.45) is 0 Å². The fourth-order valence-electron chi connectivity index (χ4n) is 4.50. The number of alkyl halides is 3. The third-order valence-electron chi connectivity index (χ3n) is 6.73. The summed E-state index contributed by atoms with van der Waals surface area (Å²) in [7, 11) is 1.92. The van der Waals surface area contributed by atoms with Crippen LogP contribution in [-0.2, 0) is 28.7 Å². The summed E-state index contributed by atoms with van der Waals surface area (Å²) in [5, 5.41) is 8.55. The first-order chi connectivity index (χ1) is 19.7. The van der Waals surface area contributed by atoms with E-state index in [1.807, 2.05) is 55.6 Å². The second-order valence-corrected chi connectivity index (χ2v) is 10.0. The van der Waals surface area contributed by atoms with Crippen molar-refractivity contribution < 1.29 is 22.8 Å². The maximum absolute atomic E-state index is 13.1. The first kappa shape index (κ1) is 31.8. The van der Waals surface area contributed by atoms with Gasteiger partial charge < -0.3 is 16.0 Å². The van der Waals surface area contributed by atoms with Gasteiger partial charge in [0.05, 0.1) is 5.56 Å². The Kier molecular flexibility index (Phi) is 12.8. The van der Waals surface area contributed by atoms with Crippen LogP contribution in [0.1, 0.15) is 42.4 Å². The Hall–Kier alpha value is -3.69. The number of anilines is 1. The zero-order valence-corrected chi connectivity index (χ0v) is 23.4. The molecule has 3 aromatic carbocycles. The normalized spacial score (nSPS) is 12.2. The van der Waals surface area contributed by atoms with Gasteiger partial charge in [-0.05, 0) is 68.6 Å². The molecular weight excluding hydrogens is 529 g/mol. The number of aryl methyl sites for hydroxylation is 1. The number of amides is 2. The molecule has 0 fully saturated rings. The van der Waals surface area contributed by atoms with Crippen LogP contribution in [-0.4, -0.2) is 49.4 Å². The summed E-state index contributed by atoms with van der Waals surface area (Å²) < 4.78 is 39.4. The minimum Gasteiger partial charge on any atom is -0.344 e. The largest absolute Gasteiger partial charge is 0.416 e. The fourth-order valence-corrected chi connectivity index (χ4v) is 4.50. The van der Waals surface area contributed by atoms with Crippen LogP contribution in [0.3, 0.4) is 0 Å². The molecule has 0 unspecified atom stereocenters. The lowest BCUT2D eigenvalue weighted by atomic mass is 10.0. The highest BCUT2D eigenvalue weighted by Crippen LogP contribution is 2.30. The minimum absolute atomic E-state index is 0.0314. The van der Waals surface area contributed by atoms with Gasteiger partial charge in [-0.25, -0.2) is 0 Å². The van der Waals surface area contributed by atoms with Crippen LogP contribution in [0.2, 0.25) is 0 Å². The number of hydrogen-bond acceptors (Lipinski definition) is 4. The molecule has 0 saturated carbocycles. The van der Waals surface area contributed by atoms with Crippen LogP contribution >= 0.6 is 0 Å². The van der Waals surface area contributed by atoms with E-state index in [1.165, 1.54) is 17.7 Å². The molecule has 2 amide bonds. The third-order valence-corrected chi connectivity index (χ3v) is 6.73. The molecule has 3 rings (SSSR count). The quantitative estimate of drug-likeness (QED) is 0.195. The minimum atomic E-state index is -4.52. The predicted molar refractivity (Wildman–Crippen MR) is 156 cm³/mol. The van der Waals surface area contributed by atoms with Crippen LogP contribution in [0, 0.1) is 0 Å². The van der Waals surface area contributed by atoms with E-state index in [4.69, 9.17) is 0 Å². The van der Waals surface area contributed by atoms with E-state index in [2.05, 4.69) is 33.0 Å². The standard InChI is InChI=1S/C32H39F3N4O2/c1-36-20-22-39(24-26-13-6-3-7-14-26)21-9-8-17-30(40)38-29(19-18-25-11-4-2-5-12-25)31(41)37-28-16-10-15-27(23-28)32(33,34)35/h2-7,10-16,23,29,36H,8-9,17-22,24H2,1H3,(H,37,41)(H,38,40)/t29-/m1/s1. The van der Waals surface area contributed by atoms with Crippen LogP contribution < -0.4 is 16.0 Å². The van der Waals surface area contributed by atoms with Gasteiger partial charge in [0.25, 0.3) is 0 Å². The van der Waals surface area contributed by atoms with Crippen molar-refractivity contribution in [2.75, 3.05) is 32.0 Å². The zero-order chi connectivity index (χ0) is 29.5. The van der Waals surface area contributed by atoms with Crippen molar-refractivity contribution >= 4 is 17.5 Å². The Morgan fingerprint density at radius 2 is 1.54 bits per heavy atom. The van der Waals surface area contributed by atoms with Gasteiger partial charge in [0.1, 0.15) is 6.04 Å². The summed E-state index contributed by atoms with van der Waals surface area (Å²) in [6.45, 7) is 3.40. The Labute approximate surface area is 240 Å². The average molecular weight is 569 g/mol. The van der Waals surface area contributed by atoms with Crippen molar-refractivity contribution in [3.8, 4) is 0 Å². The number of rotatable bonds is 16. The molecule has 220 valence electrons. The van der Waals surface area contributed by atoms with Crippen molar-refractivity contribution in [3.05, 3.63) is 102 Å². The SMILES string of the molecule is CNCCN(CCCCC(=O)N[C@H](CCc1ccccc1)C(=O)Nc1cccc(C(F)(F)F)c1)Cc1ccccc1. The van der Waals surface area contributed by atoms with Crippen LogP contribution in [0.15, 0.2) is 84.9 Å². The predicted octanol–water partition coefficient (Wildman–Crippen LogP) is 5.65. The molecule has 0 spiro atoms. The van der Waals surface area contributed by atoms with Gasteiger partial charge in [-0.1, -0.05) is 66.7 Å². The smallest absolute Gasteiger partial charge is 0.344 e. The van der Waals surface area contributed by atoms with E-state index < -0.39 is 23.7 Å². The lowest BCUT2D eigenvalue weighted by molar-refractivity contribution is -0.137. The molecule has 0 aliphatic rings. The van der Waals surface area contributed by atoms with Crippen molar-refractivity contribution in [2.45, 2.75) is 50.9 Å². The van der Waals surface area contributed by atoms with Gasteiger partial charge in [0.15, 0.2) is 0 Å². The number of likely N-dealkylation sites (N-methyl/N-ethyl adjacent to an activating group) is 1. The zero-order valence-electron chi connectivity index (χ0n) is 23.4. The molecular formula is C32H39F3N4O2. The van der Waals surface area contributed by atoms with Crippen LogP contribution in [0.4, 0.5) is 18.9 Å². The summed E-state index contributed by atoms with van der Waals surface area (Å²) in [5.74, 6) is -0.804. The van der Waals surface area contributed by atoms with Crippen molar-refractivity contribution in [1.82, 2.24) is 15.5 Å². The van der Waals surface area contributed by atoms with Crippen molar-refractivity contribution in [1.29, 1.82) is 0 Å². The molecule has 0 bridgehead atoms. The maximum atomic E-state index is 13.1. The van der Waals surface area contributed by atoms with Gasteiger partial charge in [0, 0.05) is 31.7 Å². The monoisotopic (exact) mass is 568 g/mol. The topological polar surface area (TPSA) is 73.5 Å². The number of nitrogens with one attached hydrogen (secondary N) is 3. The second kappa shape index (κ2) is 16.5. The average Bonchev–Trinajstić information content (AvgIpc) is 2.96. The Bertz CT molecular complexity index is 1210. The Morgan fingerprint density at radius 1 is 0.854 bits per heavy atom. The fraction of sp³-hybridized carbons (Fsp3) is 0.375. The van der Waals surface area contributed by atoms with Gasteiger partial charge >= 0.3 is 6.18 Å². The summed E-state index contributed by atoms with van der Waals surface area (Å²) in [4.78, 5) is 28.3. The van der Waals surface area contributed by atoms with E-state index >= 15 is 0 Å². The van der Waals surface area contributed by atoms with E-state index in [-0.39, 0.29) is 18.0 Å². The van der Waals surface area contributed by atoms with Crippen LogP contribution in [0.25, 0.3) is 0 Å². The first-order valence-corrected chi connectivity index (χ1v) is 14.0. The van der Waals surface area contributed by atoms with Gasteiger partial charge in [-0.3, -0.25) is 14.5 Å².